The lowest BCUT2D eigenvalue weighted by Gasteiger charge is -2.23. The summed E-state index contributed by atoms with van der Waals surface area (Å²) in [4.78, 5) is 11.4. The van der Waals surface area contributed by atoms with Gasteiger partial charge in [0.2, 0.25) is 0 Å². The number of ether oxygens (including phenoxy) is 3. The van der Waals surface area contributed by atoms with Gasteiger partial charge in [-0.1, -0.05) is 0 Å². The number of hydrogen-bond donors (Lipinski definition) is 0. The zero-order valence-corrected chi connectivity index (χ0v) is 8.56. The molecule has 1 heterocycles. The molecule has 0 aromatic rings. The van der Waals surface area contributed by atoms with Crippen LogP contribution in [0.2, 0.25) is 0 Å². The zero-order valence-electron chi connectivity index (χ0n) is 8.56. The summed E-state index contributed by atoms with van der Waals surface area (Å²) in [6, 6.07) is 0. The van der Waals surface area contributed by atoms with Gasteiger partial charge in [-0.25, -0.2) is 0 Å². The van der Waals surface area contributed by atoms with Crippen LogP contribution in [0.3, 0.4) is 0 Å². The molecule has 4 nitrogen and oxygen atoms in total. The Morgan fingerprint density at radius 1 is 1.50 bits per heavy atom. The Hall–Kier alpha value is -1.03. The first-order valence-corrected chi connectivity index (χ1v) is 4.88. The average molecular weight is 200 g/mol. The van der Waals surface area contributed by atoms with Crippen LogP contribution in [0.15, 0.2) is 12.3 Å². The second-order valence-corrected chi connectivity index (χ2v) is 2.94. The van der Waals surface area contributed by atoms with Crippen LogP contribution in [0.1, 0.15) is 20.3 Å². The van der Waals surface area contributed by atoms with Crippen molar-refractivity contribution < 1.29 is 19.0 Å². The van der Waals surface area contributed by atoms with Gasteiger partial charge in [-0.2, -0.15) is 0 Å². The van der Waals surface area contributed by atoms with Crippen LogP contribution in [0.25, 0.3) is 0 Å². The molecule has 2 atom stereocenters. The number of hydrogen-bond acceptors (Lipinski definition) is 4. The molecule has 0 saturated heterocycles. The van der Waals surface area contributed by atoms with E-state index in [-0.39, 0.29) is 18.2 Å². The third-order valence-electron chi connectivity index (χ3n) is 1.93. The lowest BCUT2D eigenvalue weighted by atomic mass is 10.0. The summed E-state index contributed by atoms with van der Waals surface area (Å²) in [6.07, 6.45) is 3.42. The van der Waals surface area contributed by atoms with Crippen molar-refractivity contribution >= 4 is 5.97 Å². The predicted octanol–water partition coefficient (Wildman–Crippen LogP) is 1.46. The standard InChI is InChI=1S/C10H16O4/c1-3-12-9-7-8(5-6-14-9)10(11)13-4-2/h5-6,8-9H,3-4,7H2,1-2H3/t8-,9+/m1/s1. The van der Waals surface area contributed by atoms with E-state index in [9.17, 15) is 4.79 Å². The SMILES string of the molecule is CCOC(=O)[C@@H]1C=CO[C@H](OCC)C1. The fourth-order valence-electron chi connectivity index (χ4n) is 1.29. The summed E-state index contributed by atoms with van der Waals surface area (Å²) in [5, 5.41) is 0. The van der Waals surface area contributed by atoms with Crippen LogP contribution in [0.5, 0.6) is 0 Å². The van der Waals surface area contributed by atoms with Crippen LogP contribution in [-0.4, -0.2) is 25.5 Å². The molecule has 0 aliphatic carbocycles. The summed E-state index contributed by atoms with van der Waals surface area (Å²) in [5.74, 6) is -0.447. The number of carbonyl (C=O) groups is 1. The third-order valence-corrected chi connectivity index (χ3v) is 1.93. The molecule has 14 heavy (non-hydrogen) atoms. The number of carbonyl (C=O) groups excluding carboxylic acids is 1. The summed E-state index contributed by atoms with van der Waals surface area (Å²) >= 11 is 0. The second-order valence-electron chi connectivity index (χ2n) is 2.94. The van der Waals surface area contributed by atoms with Gasteiger partial charge in [0.05, 0.1) is 18.8 Å². The lowest BCUT2D eigenvalue weighted by Crippen LogP contribution is -2.27. The van der Waals surface area contributed by atoms with Gasteiger partial charge in [-0.3, -0.25) is 4.79 Å². The van der Waals surface area contributed by atoms with Gasteiger partial charge in [0.1, 0.15) is 0 Å². The maximum atomic E-state index is 11.4. The molecule has 0 N–H and O–H groups in total. The van der Waals surface area contributed by atoms with Crippen molar-refractivity contribution in [1.82, 2.24) is 0 Å². The van der Waals surface area contributed by atoms with Crippen molar-refractivity contribution in [2.24, 2.45) is 5.92 Å². The van der Waals surface area contributed by atoms with Gasteiger partial charge in [0, 0.05) is 13.0 Å². The highest BCUT2D eigenvalue weighted by atomic mass is 16.7. The fourth-order valence-corrected chi connectivity index (χ4v) is 1.29. The van der Waals surface area contributed by atoms with Crippen LogP contribution in [0.4, 0.5) is 0 Å². The summed E-state index contributed by atoms with van der Waals surface area (Å²) in [6.45, 7) is 4.67. The van der Waals surface area contributed by atoms with E-state index in [2.05, 4.69) is 0 Å². The molecule has 0 aromatic carbocycles. The topological polar surface area (TPSA) is 44.8 Å². The second kappa shape index (κ2) is 5.65. The molecule has 0 fully saturated rings. The quantitative estimate of drug-likeness (QED) is 0.644. The Morgan fingerprint density at radius 3 is 2.93 bits per heavy atom. The maximum Gasteiger partial charge on any atom is 0.313 e. The molecule has 0 radical (unpaired) electrons. The van der Waals surface area contributed by atoms with E-state index in [1.165, 1.54) is 6.26 Å². The van der Waals surface area contributed by atoms with Gasteiger partial charge in [-0.15, -0.1) is 0 Å². The Morgan fingerprint density at radius 2 is 2.29 bits per heavy atom. The minimum Gasteiger partial charge on any atom is -0.473 e. The van der Waals surface area contributed by atoms with E-state index in [4.69, 9.17) is 14.2 Å². The average Bonchev–Trinajstić information content (AvgIpc) is 2.19. The maximum absolute atomic E-state index is 11.4. The van der Waals surface area contributed by atoms with E-state index >= 15 is 0 Å². The molecule has 0 unspecified atom stereocenters. The monoisotopic (exact) mass is 200 g/mol. The summed E-state index contributed by atoms with van der Waals surface area (Å²) in [7, 11) is 0. The molecule has 0 saturated carbocycles. The molecular formula is C10H16O4. The molecule has 1 aliphatic heterocycles. The highest BCUT2D eigenvalue weighted by Crippen LogP contribution is 2.19. The van der Waals surface area contributed by atoms with E-state index in [1.807, 2.05) is 6.92 Å². The highest BCUT2D eigenvalue weighted by Gasteiger charge is 2.25. The van der Waals surface area contributed by atoms with Crippen LogP contribution in [-0.2, 0) is 19.0 Å². The molecule has 0 spiro atoms. The van der Waals surface area contributed by atoms with Crippen LogP contribution in [0, 0.1) is 5.92 Å². The normalized spacial score (nSPS) is 25.6. The van der Waals surface area contributed by atoms with Crippen molar-refractivity contribution in [2.45, 2.75) is 26.6 Å². The summed E-state index contributed by atoms with van der Waals surface area (Å²) < 4.78 is 15.3. The first-order chi connectivity index (χ1) is 6.77. The highest BCUT2D eigenvalue weighted by molar-refractivity contribution is 5.74. The zero-order chi connectivity index (χ0) is 10.4. The fraction of sp³-hybridized carbons (Fsp3) is 0.700. The Balaban J connectivity index is 2.43. The number of rotatable bonds is 4. The van der Waals surface area contributed by atoms with Crippen LogP contribution < -0.4 is 0 Å². The van der Waals surface area contributed by atoms with E-state index in [1.54, 1.807) is 13.0 Å². The molecule has 0 bridgehead atoms. The van der Waals surface area contributed by atoms with Crippen molar-refractivity contribution in [3.63, 3.8) is 0 Å². The first kappa shape index (κ1) is 11.0. The lowest BCUT2D eigenvalue weighted by molar-refractivity contribution is -0.156. The first-order valence-electron chi connectivity index (χ1n) is 4.88. The Labute approximate surface area is 83.8 Å². The van der Waals surface area contributed by atoms with Crippen molar-refractivity contribution in [3.8, 4) is 0 Å². The van der Waals surface area contributed by atoms with Crippen molar-refractivity contribution in [2.75, 3.05) is 13.2 Å². The largest absolute Gasteiger partial charge is 0.473 e. The van der Waals surface area contributed by atoms with Crippen LogP contribution >= 0.6 is 0 Å². The molecule has 4 heteroatoms. The third kappa shape index (κ3) is 3.03. The van der Waals surface area contributed by atoms with Gasteiger partial charge >= 0.3 is 5.97 Å². The molecule has 0 amide bonds. The molecule has 80 valence electrons. The Bertz CT molecular complexity index is 212. The van der Waals surface area contributed by atoms with Gasteiger partial charge in [0.15, 0.2) is 6.29 Å². The van der Waals surface area contributed by atoms with E-state index in [0.717, 1.165) is 0 Å². The van der Waals surface area contributed by atoms with E-state index < -0.39 is 0 Å². The minimum atomic E-state index is -0.320. The Kier molecular flexibility index (Phi) is 4.46. The molecule has 1 rings (SSSR count). The number of esters is 1. The van der Waals surface area contributed by atoms with Gasteiger partial charge in [0.25, 0.3) is 0 Å². The molecular weight excluding hydrogens is 184 g/mol. The van der Waals surface area contributed by atoms with Crippen molar-refractivity contribution in [1.29, 1.82) is 0 Å². The van der Waals surface area contributed by atoms with Crippen molar-refractivity contribution in [3.05, 3.63) is 12.3 Å². The van der Waals surface area contributed by atoms with Gasteiger partial charge < -0.3 is 14.2 Å². The van der Waals surface area contributed by atoms with E-state index in [0.29, 0.717) is 19.6 Å². The smallest absolute Gasteiger partial charge is 0.313 e. The minimum absolute atomic E-state index is 0.211. The summed E-state index contributed by atoms with van der Waals surface area (Å²) in [5.41, 5.74) is 0. The van der Waals surface area contributed by atoms with Gasteiger partial charge in [-0.05, 0) is 19.9 Å². The predicted molar refractivity (Wildman–Crippen MR) is 50.4 cm³/mol. The molecule has 0 aromatic heterocycles. The molecule has 1 aliphatic rings.